The van der Waals surface area contributed by atoms with Crippen molar-refractivity contribution in [2.24, 2.45) is 0 Å². The van der Waals surface area contributed by atoms with Crippen LogP contribution >= 0.6 is 0 Å². The Hall–Kier alpha value is -2.23. The Morgan fingerprint density at radius 1 is 1.29 bits per heavy atom. The zero-order chi connectivity index (χ0) is 15.8. The van der Waals surface area contributed by atoms with Gasteiger partial charge in [0.25, 0.3) is 10.0 Å². The fraction of sp³-hybridized carbons (Fsp3) is 0.182. The van der Waals surface area contributed by atoms with Gasteiger partial charge in [0.05, 0.1) is 21.8 Å². The van der Waals surface area contributed by atoms with Crippen molar-refractivity contribution in [3.8, 4) is 0 Å². The second-order valence-corrected chi connectivity index (χ2v) is 5.86. The number of H-pyrrole nitrogens is 1. The van der Waals surface area contributed by atoms with Crippen molar-refractivity contribution in [1.82, 2.24) is 10.2 Å². The van der Waals surface area contributed by atoms with Crippen molar-refractivity contribution >= 4 is 21.5 Å². The van der Waals surface area contributed by atoms with Gasteiger partial charge < -0.3 is 5.73 Å². The molecule has 4 N–H and O–H groups in total. The summed E-state index contributed by atoms with van der Waals surface area (Å²) in [5.74, 6) is -0.246. The van der Waals surface area contributed by atoms with Crippen LogP contribution in [0.1, 0.15) is 11.3 Å². The fourth-order valence-electron chi connectivity index (χ4n) is 1.63. The lowest BCUT2D eigenvalue weighted by Gasteiger charge is -2.13. The van der Waals surface area contributed by atoms with E-state index in [1.807, 2.05) is 4.72 Å². The second-order valence-electron chi connectivity index (χ2n) is 4.21. The van der Waals surface area contributed by atoms with E-state index in [0.29, 0.717) is 11.8 Å². The van der Waals surface area contributed by atoms with Crippen molar-refractivity contribution in [3.05, 3.63) is 35.5 Å². The van der Waals surface area contributed by atoms with Crippen molar-refractivity contribution in [1.29, 1.82) is 0 Å². The number of benzene rings is 1. The van der Waals surface area contributed by atoms with E-state index < -0.39 is 26.7 Å². The quantitative estimate of drug-likeness (QED) is 0.806. The van der Waals surface area contributed by atoms with E-state index in [0.717, 1.165) is 12.1 Å². The van der Waals surface area contributed by atoms with Crippen LogP contribution in [-0.2, 0) is 16.2 Å². The van der Waals surface area contributed by atoms with Gasteiger partial charge >= 0.3 is 6.18 Å². The lowest BCUT2D eigenvalue weighted by Crippen LogP contribution is -2.19. The van der Waals surface area contributed by atoms with Crippen molar-refractivity contribution < 1.29 is 21.6 Å². The number of anilines is 2. The summed E-state index contributed by atoms with van der Waals surface area (Å²) >= 11 is 0. The van der Waals surface area contributed by atoms with Crippen LogP contribution < -0.4 is 10.5 Å². The van der Waals surface area contributed by atoms with Crippen LogP contribution in [0.2, 0.25) is 0 Å². The van der Waals surface area contributed by atoms with Crippen LogP contribution in [0.25, 0.3) is 0 Å². The molecule has 1 aromatic heterocycles. The minimum atomic E-state index is -4.79. The molecule has 0 saturated heterocycles. The van der Waals surface area contributed by atoms with E-state index in [1.54, 1.807) is 6.92 Å². The van der Waals surface area contributed by atoms with Crippen molar-refractivity contribution in [2.75, 3.05) is 10.5 Å². The summed E-state index contributed by atoms with van der Waals surface area (Å²) in [5, 5.41) is 6.03. The summed E-state index contributed by atoms with van der Waals surface area (Å²) in [7, 11) is -4.47. The fourth-order valence-corrected chi connectivity index (χ4v) is 2.88. The number of nitrogen functional groups attached to an aromatic ring is 1. The standard InChI is InChI=1S/C11H11F3N4O2S/c1-6-9(15)10(17-16-6)18-21(19,20)8-5-3-2-4-7(8)11(12,13)14/h2-5H,15H2,1H3,(H2,16,17,18). The molecule has 114 valence electrons. The number of nitrogens with two attached hydrogens (primary N) is 1. The van der Waals surface area contributed by atoms with E-state index in [9.17, 15) is 21.6 Å². The van der Waals surface area contributed by atoms with Gasteiger partial charge in [-0.1, -0.05) is 12.1 Å². The molecule has 1 heterocycles. The molecule has 0 atom stereocenters. The van der Waals surface area contributed by atoms with Crippen LogP contribution in [0.5, 0.6) is 0 Å². The highest BCUT2D eigenvalue weighted by atomic mass is 32.2. The van der Waals surface area contributed by atoms with Crippen LogP contribution in [-0.4, -0.2) is 18.6 Å². The molecule has 6 nitrogen and oxygen atoms in total. The molecule has 0 amide bonds. The summed E-state index contributed by atoms with van der Waals surface area (Å²) < 4.78 is 64.7. The third-order valence-corrected chi connectivity index (χ3v) is 4.10. The Labute approximate surface area is 118 Å². The number of hydrogen-bond donors (Lipinski definition) is 3. The average Bonchev–Trinajstić information content (AvgIpc) is 2.69. The third kappa shape index (κ3) is 2.94. The number of aromatic nitrogens is 2. The minimum absolute atomic E-state index is 0.0167. The molecule has 2 rings (SSSR count). The van der Waals surface area contributed by atoms with Crippen molar-refractivity contribution in [3.63, 3.8) is 0 Å². The molecule has 0 saturated carbocycles. The van der Waals surface area contributed by atoms with Crippen LogP contribution in [0.3, 0.4) is 0 Å². The monoisotopic (exact) mass is 320 g/mol. The zero-order valence-electron chi connectivity index (χ0n) is 10.7. The van der Waals surface area contributed by atoms with Gasteiger partial charge in [-0.2, -0.15) is 18.3 Å². The molecule has 21 heavy (non-hydrogen) atoms. The zero-order valence-corrected chi connectivity index (χ0v) is 11.5. The lowest BCUT2D eigenvalue weighted by molar-refractivity contribution is -0.139. The summed E-state index contributed by atoms with van der Waals surface area (Å²) in [5.41, 5.74) is 4.72. The molecule has 0 unspecified atom stereocenters. The molecule has 0 spiro atoms. The van der Waals surface area contributed by atoms with Gasteiger partial charge in [-0.25, -0.2) is 8.42 Å². The molecule has 1 aromatic carbocycles. The number of sulfonamides is 1. The summed E-state index contributed by atoms with van der Waals surface area (Å²) in [6.45, 7) is 1.55. The topological polar surface area (TPSA) is 101 Å². The third-order valence-electron chi connectivity index (χ3n) is 2.71. The van der Waals surface area contributed by atoms with Gasteiger partial charge in [-0.3, -0.25) is 9.82 Å². The van der Waals surface area contributed by atoms with E-state index in [1.165, 1.54) is 6.07 Å². The van der Waals surface area contributed by atoms with Gasteiger partial charge in [0, 0.05) is 0 Å². The number of halogens is 3. The maximum absolute atomic E-state index is 12.9. The number of hydrogen-bond acceptors (Lipinski definition) is 4. The molecule has 2 aromatic rings. The first-order valence-corrected chi connectivity index (χ1v) is 7.10. The van der Waals surface area contributed by atoms with E-state index in [2.05, 4.69) is 10.2 Å². The largest absolute Gasteiger partial charge is 0.417 e. The number of aromatic amines is 1. The summed E-state index contributed by atoms with van der Waals surface area (Å²) in [4.78, 5) is -0.891. The Kier molecular flexibility index (Phi) is 3.58. The van der Waals surface area contributed by atoms with Gasteiger partial charge in [0.1, 0.15) is 0 Å². The number of alkyl halides is 3. The average molecular weight is 320 g/mol. The summed E-state index contributed by atoms with van der Waals surface area (Å²) in [6.07, 6.45) is -4.79. The second kappa shape index (κ2) is 4.95. The molecule has 0 aliphatic carbocycles. The lowest BCUT2D eigenvalue weighted by atomic mass is 10.2. The van der Waals surface area contributed by atoms with Gasteiger partial charge in [0.2, 0.25) is 0 Å². The molecule has 10 heteroatoms. The highest BCUT2D eigenvalue weighted by Crippen LogP contribution is 2.34. The number of rotatable bonds is 3. The van der Waals surface area contributed by atoms with E-state index in [4.69, 9.17) is 5.73 Å². The van der Waals surface area contributed by atoms with Crippen LogP contribution in [0.15, 0.2) is 29.2 Å². The van der Waals surface area contributed by atoms with Crippen LogP contribution in [0.4, 0.5) is 24.7 Å². The predicted molar refractivity (Wildman–Crippen MR) is 70.0 cm³/mol. The van der Waals surface area contributed by atoms with E-state index >= 15 is 0 Å². The van der Waals surface area contributed by atoms with Gasteiger partial charge in [-0.05, 0) is 19.1 Å². The highest BCUT2D eigenvalue weighted by Gasteiger charge is 2.37. The normalized spacial score (nSPS) is 12.4. The molecular weight excluding hydrogens is 309 g/mol. The Bertz CT molecular complexity index is 768. The highest BCUT2D eigenvalue weighted by molar-refractivity contribution is 7.92. The first-order chi connectivity index (χ1) is 9.63. The molecular formula is C11H11F3N4O2S. The Balaban J connectivity index is 2.48. The molecule has 0 bridgehead atoms. The van der Waals surface area contributed by atoms with Crippen molar-refractivity contribution in [2.45, 2.75) is 18.0 Å². The SMILES string of the molecule is Cc1[nH]nc(NS(=O)(=O)c2ccccc2C(F)(F)F)c1N. The first-order valence-electron chi connectivity index (χ1n) is 5.62. The van der Waals surface area contributed by atoms with Gasteiger partial charge in [-0.15, -0.1) is 0 Å². The number of nitrogens with zero attached hydrogens (tertiary/aromatic N) is 1. The maximum atomic E-state index is 12.9. The summed E-state index contributed by atoms with van der Waals surface area (Å²) in [6, 6.07) is 3.85. The number of aryl methyl sites for hydroxylation is 1. The van der Waals surface area contributed by atoms with Crippen LogP contribution in [0, 0.1) is 6.92 Å². The predicted octanol–water partition coefficient (Wildman–Crippen LogP) is 2.12. The Morgan fingerprint density at radius 2 is 1.90 bits per heavy atom. The smallest absolute Gasteiger partial charge is 0.394 e. The maximum Gasteiger partial charge on any atom is 0.417 e. The molecule has 0 aliphatic rings. The Morgan fingerprint density at radius 3 is 2.43 bits per heavy atom. The van der Waals surface area contributed by atoms with E-state index in [-0.39, 0.29) is 11.5 Å². The molecule has 0 radical (unpaired) electrons. The van der Waals surface area contributed by atoms with Gasteiger partial charge in [0.15, 0.2) is 5.82 Å². The number of nitrogens with one attached hydrogen (secondary N) is 2. The first kappa shape index (κ1) is 15.2. The minimum Gasteiger partial charge on any atom is -0.394 e. The molecule has 0 fully saturated rings. The molecule has 0 aliphatic heterocycles.